The Morgan fingerprint density at radius 3 is 2.47 bits per heavy atom. The highest BCUT2D eigenvalue weighted by Gasteiger charge is 2.17. The summed E-state index contributed by atoms with van der Waals surface area (Å²) in [4.78, 5) is 16.9. The van der Waals surface area contributed by atoms with Crippen molar-refractivity contribution in [2.75, 3.05) is 13.2 Å². The van der Waals surface area contributed by atoms with Gasteiger partial charge in [-0.15, -0.1) is 0 Å². The zero-order valence-electron chi connectivity index (χ0n) is 18.2. The molecule has 3 rings (SSSR count). The number of rotatable bonds is 9. The highest BCUT2D eigenvalue weighted by atomic mass is 28.3. The lowest BCUT2D eigenvalue weighted by molar-refractivity contribution is 0.0526. The molecule has 0 aliphatic carbocycles. The average molecular weight is 423 g/mol. The van der Waals surface area contributed by atoms with Gasteiger partial charge >= 0.3 is 5.97 Å². The first-order valence-corrected chi connectivity index (χ1v) is 14.1. The first-order valence-electron chi connectivity index (χ1n) is 10.4. The summed E-state index contributed by atoms with van der Waals surface area (Å²) in [5.41, 5.74) is 3.37. The summed E-state index contributed by atoms with van der Waals surface area (Å²) in [6, 6.07) is 18.6. The smallest absolute Gasteiger partial charge is 0.338 e. The molecular formula is C24H30N2O3Si. The van der Waals surface area contributed by atoms with Crippen molar-refractivity contribution >= 4 is 14.0 Å². The third-order valence-electron chi connectivity index (χ3n) is 4.77. The molecule has 0 bridgehead atoms. The van der Waals surface area contributed by atoms with Crippen LogP contribution >= 0.6 is 0 Å². The fraction of sp³-hybridized carbons (Fsp3) is 0.333. The summed E-state index contributed by atoms with van der Waals surface area (Å²) in [6.45, 7) is 10.3. The molecule has 0 aliphatic heterocycles. The maximum Gasteiger partial charge on any atom is 0.338 e. The Morgan fingerprint density at radius 2 is 1.77 bits per heavy atom. The predicted molar refractivity (Wildman–Crippen MR) is 123 cm³/mol. The fourth-order valence-corrected chi connectivity index (χ4v) is 3.87. The van der Waals surface area contributed by atoms with Crippen LogP contribution in [0.15, 0.2) is 60.8 Å². The van der Waals surface area contributed by atoms with Gasteiger partial charge in [0.25, 0.3) is 0 Å². The lowest BCUT2D eigenvalue weighted by atomic mass is 10.1. The van der Waals surface area contributed by atoms with Crippen LogP contribution in [0.2, 0.25) is 25.7 Å². The number of esters is 1. The van der Waals surface area contributed by atoms with Crippen LogP contribution in [0.1, 0.15) is 17.3 Å². The fourth-order valence-electron chi connectivity index (χ4n) is 3.11. The van der Waals surface area contributed by atoms with Crippen molar-refractivity contribution in [2.45, 2.75) is 39.3 Å². The predicted octanol–water partition coefficient (Wildman–Crippen LogP) is 5.71. The van der Waals surface area contributed by atoms with Crippen molar-refractivity contribution in [2.24, 2.45) is 0 Å². The summed E-state index contributed by atoms with van der Waals surface area (Å²) >= 11 is 0. The number of hydrogen-bond acceptors (Lipinski definition) is 4. The van der Waals surface area contributed by atoms with Crippen LogP contribution in [0.25, 0.3) is 22.6 Å². The van der Waals surface area contributed by atoms with Gasteiger partial charge in [-0.3, -0.25) is 4.57 Å². The lowest BCUT2D eigenvalue weighted by Crippen LogP contribution is -2.22. The highest BCUT2D eigenvalue weighted by molar-refractivity contribution is 6.76. The van der Waals surface area contributed by atoms with Crippen LogP contribution in [-0.2, 0) is 16.2 Å². The van der Waals surface area contributed by atoms with Crippen molar-refractivity contribution < 1.29 is 14.3 Å². The Bertz CT molecular complexity index is 978. The van der Waals surface area contributed by atoms with Crippen molar-refractivity contribution in [3.05, 3.63) is 66.4 Å². The number of imidazole rings is 1. The van der Waals surface area contributed by atoms with Crippen LogP contribution in [0.3, 0.4) is 0 Å². The van der Waals surface area contributed by atoms with Crippen LogP contribution in [-0.4, -0.2) is 36.8 Å². The summed E-state index contributed by atoms with van der Waals surface area (Å²) in [6.07, 6.45) is 1.84. The van der Waals surface area contributed by atoms with E-state index in [1.54, 1.807) is 13.0 Å². The lowest BCUT2D eigenvalue weighted by Gasteiger charge is -2.17. The molecule has 0 saturated carbocycles. The van der Waals surface area contributed by atoms with Gasteiger partial charge < -0.3 is 9.47 Å². The Labute approximate surface area is 179 Å². The van der Waals surface area contributed by atoms with Gasteiger partial charge in [0.1, 0.15) is 12.6 Å². The summed E-state index contributed by atoms with van der Waals surface area (Å²) in [5.74, 6) is 0.528. The largest absolute Gasteiger partial charge is 0.462 e. The van der Waals surface area contributed by atoms with E-state index >= 15 is 0 Å². The molecule has 0 unspecified atom stereocenters. The molecule has 158 valence electrons. The molecule has 30 heavy (non-hydrogen) atoms. The number of carbonyl (C=O) groups is 1. The molecule has 0 amide bonds. The molecule has 0 fully saturated rings. The first kappa shape index (κ1) is 22.0. The van der Waals surface area contributed by atoms with E-state index in [1.165, 1.54) is 0 Å². The molecule has 0 radical (unpaired) electrons. The first-order chi connectivity index (χ1) is 14.4. The molecule has 0 aliphatic rings. The van der Waals surface area contributed by atoms with E-state index < -0.39 is 8.07 Å². The Balaban J connectivity index is 1.93. The Hall–Kier alpha value is -2.70. The highest BCUT2D eigenvalue weighted by Crippen LogP contribution is 2.27. The molecule has 3 aromatic rings. The molecular weight excluding hydrogens is 392 g/mol. The number of benzene rings is 2. The summed E-state index contributed by atoms with van der Waals surface area (Å²) < 4.78 is 13.3. The summed E-state index contributed by atoms with van der Waals surface area (Å²) in [5, 5.41) is 0. The van der Waals surface area contributed by atoms with E-state index in [9.17, 15) is 4.79 Å². The monoisotopic (exact) mass is 422 g/mol. The standard InChI is InChI=1S/C24H30N2O3Si/c1-5-29-24(27)21-13-9-12-20(16-21)22-17-25-23(19-10-7-6-8-11-19)26(22)18-28-14-15-30(2,3)4/h6-13,16-17H,5,14-15,18H2,1-4H3. The van der Waals surface area contributed by atoms with E-state index in [0.29, 0.717) is 18.9 Å². The molecule has 5 nitrogen and oxygen atoms in total. The normalized spacial score (nSPS) is 11.5. The van der Waals surface area contributed by atoms with Gasteiger partial charge in [-0.2, -0.15) is 0 Å². The van der Waals surface area contributed by atoms with Gasteiger partial charge in [0.2, 0.25) is 0 Å². The molecule has 0 spiro atoms. The second-order valence-electron chi connectivity index (χ2n) is 8.41. The minimum absolute atomic E-state index is 0.319. The van der Waals surface area contributed by atoms with Gasteiger partial charge in [0.05, 0.1) is 24.1 Å². The van der Waals surface area contributed by atoms with Gasteiger partial charge in [-0.25, -0.2) is 9.78 Å². The summed E-state index contributed by atoms with van der Waals surface area (Å²) in [7, 11) is -1.16. The van der Waals surface area contributed by atoms with E-state index in [-0.39, 0.29) is 5.97 Å². The molecule has 0 atom stereocenters. The van der Waals surface area contributed by atoms with E-state index in [2.05, 4.69) is 29.2 Å². The van der Waals surface area contributed by atoms with E-state index in [0.717, 1.165) is 35.3 Å². The molecule has 1 heterocycles. The maximum absolute atomic E-state index is 12.2. The van der Waals surface area contributed by atoms with Crippen LogP contribution < -0.4 is 0 Å². The minimum atomic E-state index is -1.16. The number of ether oxygens (including phenoxy) is 2. The SMILES string of the molecule is CCOC(=O)c1cccc(-c2cnc(-c3ccccc3)n2COCC[Si](C)(C)C)c1. The van der Waals surface area contributed by atoms with Gasteiger partial charge in [-0.1, -0.05) is 62.1 Å². The second-order valence-corrected chi connectivity index (χ2v) is 14.0. The van der Waals surface area contributed by atoms with Crippen LogP contribution in [0, 0.1) is 0 Å². The molecule has 1 aromatic heterocycles. The average Bonchev–Trinajstić information content (AvgIpc) is 3.15. The van der Waals surface area contributed by atoms with Crippen LogP contribution in [0.5, 0.6) is 0 Å². The van der Waals surface area contributed by atoms with Crippen molar-refractivity contribution in [1.29, 1.82) is 0 Å². The van der Waals surface area contributed by atoms with Gasteiger partial charge in [0, 0.05) is 25.8 Å². The minimum Gasteiger partial charge on any atom is -0.462 e. The maximum atomic E-state index is 12.2. The van der Waals surface area contributed by atoms with Gasteiger partial charge in [0.15, 0.2) is 0 Å². The third-order valence-corrected chi connectivity index (χ3v) is 6.48. The van der Waals surface area contributed by atoms with Crippen molar-refractivity contribution in [3.8, 4) is 22.6 Å². The number of hydrogen-bond donors (Lipinski definition) is 0. The zero-order valence-corrected chi connectivity index (χ0v) is 19.2. The topological polar surface area (TPSA) is 53.3 Å². The van der Waals surface area contributed by atoms with E-state index in [4.69, 9.17) is 9.47 Å². The van der Waals surface area contributed by atoms with Crippen LogP contribution in [0.4, 0.5) is 0 Å². The number of carbonyl (C=O) groups excluding carboxylic acids is 1. The van der Waals surface area contributed by atoms with E-state index in [1.807, 2.05) is 54.7 Å². The molecule has 0 N–H and O–H groups in total. The number of nitrogens with zero attached hydrogens (tertiary/aromatic N) is 2. The Morgan fingerprint density at radius 1 is 1.03 bits per heavy atom. The zero-order chi connectivity index (χ0) is 21.6. The van der Waals surface area contributed by atoms with Gasteiger partial charge in [-0.05, 0) is 25.1 Å². The Kier molecular flexibility index (Phi) is 7.23. The van der Waals surface area contributed by atoms with Crippen molar-refractivity contribution in [3.63, 3.8) is 0 Å². The third kappa shape index (κ3) is 5.68. The second kappa shape index (κ2) is 9.87. The quantitative estimate of drug-likeness (QED) is 0.252. The molecule has 2 aromatic carbocycles. The molecule has 6 heteroatoms. The molecule has 0 saturated heterocycles. The number of aromatic nitrogens is 2. The van der Waals surface area contributed by atoms with Crippen molar-refractivity contribution in [1.82, 2.24) is 9.55 Å².